The van der Waals surface area contributed by atoms with Crippen molar-refractivity contribution in [3.63, 3.8) is 0 Å². The number of carbonyl (C=O) groups excluding carboxylic acids is 2. The zero-order chi connectivity index (χ0) is 29.0. The number of ether oxygens (including phenoxy) is 3. The average Bonchev–Trinajstić information content (AvgIpc) is 3.00. The largest absolute Gasteiger partial charge is 0.462 e. The number of esters is 2. The number of aromatic nitrogens is 2. The standard InChI is InChI=1S/C22H36ClN4O10P/c1-11(2)35-18(30)13(5)25-38(33,26-14(6)19(31)36-12(3)4)34-10-15-17(29)22(7,23)20(37-15)27-9-8-16(28)24-21(27)32/h8-9,11-15,17,20,29H,10H2,1-7H3,(H,24,28,32)(H2,25,26,33)/t13-,14-,15+,17+,20+,22+/m0/s1. The summed E-state index contributed by atoms with van der Waals surface area (Å²) in [4.78, 5) is 48.9. The summed E-state index contributed by atoms with van der Waals surface area (Å²) in [5.74, 6) is -1.43. The van der Waals surface area contributed by atoms with Crippen LogP contribution in [0.15, 0.2) is 21.9 Å². The maximum atomic E-state index is 13.8. The molecule has 2 heterocycles. The number of alkyl halides is 1. The van der Waals surface area contributed by atoms with Gasteiger partial charge >= 0.3 is 25.3 Å². The number of nitrogens with one attached hydrogen (secondary N) is 3. The average molecular weight is 583 g/mol. The van der Waals surface area contributed by atoms with Gasteiger partial charge in [0.2, 0.25) is 0 Å². The van der Waals surface area contributed by atoms with Gasteiger partial charge in [-0.3, -0.25) is 28.5 Å². The smallest absolute Gasteiger partial charge is 0.342 e. The van der Waals surface area contributed by atoms with E-state index in [1.54, 1.807) is 27.7 Å². The van der Waals surface area contributed by atoms with Crippen LogP contribution in [-0.4, -0.2) is 74.6 Å². The second-order valence-corrected chi connectivity index (χ2v) is 12.4. The molecule has 0 aliphatic carbocycles. The normalized spacial score (nSPS) is 25.4. The quantitative estimate of drug-likeness (QED) is 0.154. The highest BCUT2D eigenvalue weighted by Crippen LogP contribution is 2.45. The SMILES string of the molecule is CC(C)OC(=O)[C@H](C)NP(=O)(N[C@@H](C)C(=O)OC(C)C)OC[C@H]1O[C@@H](n2ccc(=O)[nH]c2=O)[C@](C)(Cl)[C@@H]1O. The van der Waals surface area contributed by atoms with Crippen LogP contribution in [0.2, 0.25) is 0 Å². The van der Waals surface area contributed by atoms with E-state index in [1.165, 1.54) is 27.0 Å². The third-order valence-corrected chi connectivity index (χ3v) is 7.76. The van der Waals surface area contributed by atoms with Crippen LogP contribution in [0.5, 0.6) is 0 Å². The van der Waals surface area contributed by atoms with Gasteiger partial charge in [0.05, 0.1) is 18.8 Å². The van der Waals surface area contributed by atoms with Gasteiger partial charge in [0.1, 0.15) is 29.2 Å². The number of aliphatic hydroxyl groups excluding tert-OH is 1. The fraction of sp³-hybridized carbons (Fsp3) is 0.727. The van der Waals surface area contributed by atoms with Crippen molar-refractivity contribution in [2.24, 2.45) is 0 Å². The van der Waals surface area contributed by atoms with Crippen molar-refractivity contribution in [1.82, 2.24) is 19.7 Å². The number of carbonyl (C=O) groups is 2. The number of hydrogen-bond acceptors (Lipinski definition) is 10. The molecule has 0 bridgehead atoms. The van der Waals surface area contributed by atoms with Crippen LogP contribution in [0.1, 0.15) is 54.7 Å². The molecule has 1 saturated heterocycles. The molecule has 6 atom stereocenters. The first-order chi connectivity index (χ1) is 17.5. The molecule has 0 amide bonds. The number of rotatable bonds is 12. The molecule has 0 unspecified atom stereocenters. The number of aliphatic hydroxyl groups is 1. The third kappa shape index (κ3) is 8.22. The van der Waals surface area contributed by atoms with Crippen LogP contribution in [-0.2, 0) is 32.9 Å². The monoisotopic (exact) mass is 582 g/mol. The maximum Gasteiger partial charge on any atom is 0.342 e. The molecule has 1 fully saturated rings. The molecular formula is C22H36ClN4O10P. The van der Waals surface area contributed by atoms with Gasteiger partial charge in [0.25, 0.3) is 5.56 Å². The lowest BCUT2D eigenvalue weighted by Gasteiger charge is -2.28. The van der Waals surface area contributed by atoms with Gasteiger partial charge in [-0.2, -0.15) is 0 Å². The summed E-state index contributed by atoms with van der Waals surface area (Å²) in [5.41, 5.74) is -1.44. The predicted molar refractivity (Wildman–Crippen MR) is 137 cm³/mol. The lowest BCUT2D eigenvalue weighted by Crippen LogP contribution is -2.44. The van der Waals surface area contributed by atoms with Crippen LogP contribution in [0.4, 0.5) is 0 Å². The highest BCUT2D eigenvalue weighted by atomic mass is 35.5. The van der Waals surface area contributed by atoms with E-state index in [2.05, 4.69) is 15.2 Å². The molecule has 2 rings (SSSR count). The first-order valence-electron chi connectivity index (χ1n) is 12.0. The molecule has 0 saturated carbocycles. The number of hydrogen-bond donors (Lipinski definition) is 4. The summed E-state index contributed by atoms with van der Waals surface area (Å²) < 4.78 is 36.4. The van der Waals surface area contributed by atoms with Gasteiger partial charge in [0, 0.05) is 12.3 Å². The molecule has 14 nitrogen and oxygen atoms in total. The van der Waals surface area contributed by atoms with E-state index in [0.717, 1.165) is 10.6 Å². The second kappa shape index (κ2) is 12.9. The Balaban J connectivity index is 2.25. The van der Waals surface area contributed by atoms with Crippen LogP contribution in [0.3, 0.4) is 0 Å². The fourth-order valence-corrected chi connectivity index (χ4v) is 5.64. The van der Waals surface area contributed by atoms with Crippen LogP contribution >= 0.6 is 19.3 Å². The first-order valence-corrected chi connectivity index (χ1v) is 14.0. The van der Waals surface area contributed by atoms with Crippen molar-refractivity contribution < 1.29 is 38.0 Å². The Bertz CT molecular complexity index is 1120. The maximum absolute atomic E-state index is 13.8. The number of halogens is 1. The van der Waals surface area contributed by atoms with E-state index in [9.17, 15) is 28.8 Å². The molecule has 1 aromatic rings. The van der Waals surface area contributed by atoms with E-state index in [0.29, 0.717) is 0 Å². The summed E-state index contributed by atoms with van der Waals surface area (Å²) in [6.07, 6.45) is -3.55. The number of nitrogens with zero attached hydrogens (tertiary/aromatic N) is 1. The lowest BCUT2D eigenvalue weighted by molar-refractivity contribution is -0.149. The summed E-state index contributed by atoms with van der Waals surface area (Å²) in [6, 6.07) is -1.15. The zero-order valence-corrected chi connectivity index (χ0v) is 23.9. The van der Waals surface area contributed by atoms with Gasteiger partial charge in [0.15, 0.2) is 6.23 Å². The minimum absolute atomic E-state index is 0.434. The van der Waals surface area contributed by atoms with Crippen molar-refractivity contribution in [3.05, 3.63) is 33.1 Å². The molecule has 0 spiro atoms. The minimum Gasteiger partial charge on any atom is -0.462 e. The molecule has 216 valence electrons. The molecule has 16 heteroatoms. The third-order valence-electron chi connectivity index (χ3n) is 5.38. The lowest BCUT2D eigenvalue weighted by atomic mass is 10.0. The number of aromatic amines is 1. The topological polar surface area (TPSA) is 187 Å². The molecule has 4 N–H and O–H groups in total. The molecule has 38 heavy (non-hydrogen) atoms. The van der Waals surface area contributed by atoms with E-state index in [1.807, 2.05) is 0 Å². The summed E-state index contributed by atoms with van der Waals surface area (Å²) >= 11 is 6.52. The Labute approximate surface area is 224 Å². The molecule has 0 radical (unpaired) electrons. The van der Waals surface area contributed by atoms with Gasteiger partial charge in [-0.1, -0.05) is 0 Å². The van der Waals surface area contributed by atoms with Crippen molar-refractivity contribution in [2.75, 3.05) is 6.61 Å². The van der Waals surface area contributed by atoms with Crippen molar-refractivity contribution in [2.45, 2.75) is 96.1 Å². The predicted octanol–water partition coefficient (Wildman–Crippen LogP) is 0.777. The van der Waals surface area contributed by atoms with Gasteiger partial charge in [-0.05, 0) is 48.5 Å². The van der Waals surface area contributed by atoms with Crippen LogP contribution in [0, 0.1) is 0 Å². The van der Waals surface area contributed by atoms with Gasteiger partial charge < -0.3 is 23.8 Å². The van der Waals surface area contributed by atoms with Crippen LogP contribution in [0.25, 0.3) is 0 Å². The van der Waals surface area contributed by atoms with E-state index >= 15 is 0 Å². The Morgan fingerprint density at radius 3 is 2.08 bits per heavy atom. The Morgan fingerprint density at radius 1 is 1.13 bits per heavy atom. The first kappa shape index (κ1) is 32.2. The Hall–Kier alpha value is -2.06. The van der Waals surface area contributed by atoms with Crippen molar-refractivity contribution >= 4 is 31.2 Å². The van der Waals surface area contributed by atoms with Crippen LogP contribution < -0.4 is 21.4 Å². The fourth-order valence-electron chi connectivity index (χ4n) is 3.54. The molecule has 0 aromatic carbocycles. The molecule has 1 aliphatic rings. The zero-order valence-electron chi connectivity index (χ0n) is 22.3. The minimum atomic E-state index is -4.21. The van der Waals surface area contributed by atoms with E-state index in [-0.39, 0.29) is 0 Å². The Kier molecular flexibility index (Phi) is 10.9. The highest BCUT2D eigenvalue weighted by molar-refractivity contribution is 7.54. The summed E-state index contributed by atoms with van der Waals surface area (Å²) in [6.45, 7) is 10.3. The molecular weight excluding hydrogens is 547 g/mol. The number of H-pyrrole nitrogens is 1. The Morgan fingerprint density at radius 2 is 1.63 bits per heavy atom. The highest BCUT2D eigenvalue weighted by Gasteiger charge is 2.54. The van der Waals surface area contributed by atoms with Crippen molar-refractivity contribution in [1.29, 1.82) is 0 Å². The molecule has 1 aromatic heterocycles. The summed E-state index contributed by atoms with van der Waals surface area (Å²) in [7, 11) is -4.21. The van der Waals surface area contributed by atoms with Gasteiger partial charge in [-0.15, -0.1) is 11.6 Å². The molecule has 1 aliphatic heterocycles. The van der Waals surface area contributed by atoms with E-state index < -0.39 is 85.1 Å². The summed E-state index contributed by atoms with van der Waals surface area (Å²) in [5, 5.41) is 15.9. The second-order valence-electron chi connectivity index (χ2n) is 9.66. The van der Waals surface area contributed by atoms with Gasteiger partial charge in [-0.25, -0.2) is 15.0 Å². The van der Waals surface area contributed by atoms with Crippen molar-refractivity contribution in [3.8, 4) is 0 Å². The van der Waals surface area contributed by atoms with E-state index in [4.69, 9.17) is 30.3 Å².